The summed E-state index contributed by atoms with van der Waals surface area (Å²) in [7, 11) is 0. The van der Waals surface area contributed by atoms with Gasteiger partial charge in [0.1, 0.15) is 5.52 Å². The van der Waals surface area contributed by atoms with Crippen molar-refractivity contribution in [2.45, 2.75) is 45.3 Å². The number of carbonyl (C=O) groups excluding carboxylic acids is 2. The van der Waals surface area contributed by atoms with Crippen molar-refractivity contribution in [1.29, 1.82) is 0 Å². The summed E-state index contributed by atoms with van der Waals surface area (Å²) < 4.78 is 6.59. The Bertz CT molecular complexity index is 1150. The number of esters is 1. The second-order valence-electron chi connectivity index (χ2n) is 7.17. The molecule has 2 N–H and O–H groups in total. The van der Waals surface area contributed by atoms with Gasteiger partial charge in [0.25, 0.3) is 5.56 Å². The van der Waals surface area contributed by atoms with Gasteiger partial charge in [-0.15, -0.1) is 0 Å². The molecule has 0 aliphatic carbocycles. The zero-order chi connectivity index (χ0) is 22.5. The minimum Gasteiger partial charge on any atom is -0.462 e. The molecule has 1 aromatic carbocycles. The van der Waals surface area contributed by atoms with Crippen molar-refractivity contribution in [2.75, 3.05) is 17.7 Å². The molecule has 0 unspecified atom stereocenters. The minimum atomic E-state index is -0.402. The fourth-order valence-corrected chi connectivity index (χ4v) is 3.99. The molecule has 8 nitrogen and oxygen atoms in total. The number of aromatic nitrogens is 3. The lowest BCUT2D eigenvalue weighted by Crippen LogP contribution is -2.26. The van der Waals surface area contributed by atoms with Crippen molar-refractivity contribution in [3.05, 3.63) is 51.9 Å². The Morgan fingerprint density at radius 3 is 2.61 bits per heavy atom. The van der Waals surface area contributed by atoms with Crippen LogP contribution in [0.5, 0.6) is 0 Å². The van der Waals surface area contributed by atoms with Crippen LogP contribution < -0.4 is 10.9 Å². The van der Waals surface area contributed by atoms with Crippen LogP contribution in [0.15, 0.2) is 40.3 Å². The van der Waals surface area contributed by atoms with Gasteiger partial charge in [0, 0.05) is 17.4 Å². The number of nitrogens with one attached hydrogen (secondary N) is 2. The quantitative estimate of drug-likeness (QED) is 0.311. The number of thioether (sulfide) groups is 1. The van der Waals surface area contributed by atoms with Crippen LogP contribution in [0.3, 0.4) is 0 Å². The molecule has 2 aromatic heterocycles. The molecule has 3 aromatic rings. The first kappa shape index (κ1) is 22.6. The number of ether oxygens (including phenoxy) is 1. The number of carbonyl (C=O) groups is 2. The summed E-state index contributed by atoms with van der Waals surface area (Å²) in [6.07, 6.45) is 0.763. The third-order valence-electron chi connectivity index (χ3n) is 4.83. The number of hydrogen-bond acceptors (Lipinski definition) is 6. The molecule has 0 saturated carbocycles. The minimum absolute atomic E-state index is 0.0472. The molecular weight excluding hydrogens is 416 g/mol. The predicted molar refractivity (Wildman–Crippen MR) is 122 cm³/mol. The van der Waals surface area contributed by atoms with E-state index < -0.39 is 5.97 Å². The lowest BCUT2D eigenvalue weighted by atomic mass is 10.2. The first-order chi connectivity index (χ1) is 14.8. The molecule has 1 atom stereocenters. The van der Waals surface area contributed by atoms with Gasteiger partial charge in [-0.3, -0.25) is 14.2 Å². The maximum absolute atomic E-state index is 13.0. The predicted octanol–water partition coefficient (Wildman–Crippen LogP) is 3.91. The zero-order valence-corrected chi connectivity index (χ0v) is 18.8. The molecule has 0 bridgehead atoms. The summed E-state index contributed by atoms with van der Waals surface area (Å²) in [5, 5.41) is 3.31. The molecule has 2 heterocycles. The van der Waals surface area contributed by atoms with Crippen LogP contribution in [-0.4, -0.2) is 38.8 Å². The number of fused-ring (bicyclic) bond motifs is 1. The number of amides is 1. The molecule has 3 rings (SSSR count). The highest BCUT2D eigenvalue weighted by atomic mass is 32.2. The average molecular weight is 443 g/mol. The first-order valence-corrected chi connectivity index (χ1v) is 11.1. The van der Waals surface area contributed by atoms with Crippen molar-refractivity contribution < 1.29 is 14.3 Å². The van der Waals surface area contributed by atoms with E-state index in [0.29, 0.717) is 34.0 Å². The number of anilines is 1. The second-order valence-corrected chi connectivity index (χ2v) is 8.12. The van der Waals surface area contributed by atoms with Crippen LogP contribution in [0.2, 0.25) is 0 Å². The molecule has 164 valence electrons. The summed E-state index contributed by atoms with van der Waals surface area (Å²) in [4.78, 5) is 44.8. The molecule has 9 heteroatoms. The SMILES string of the molecule is CCOC(=O)c1ccc(NC(=O)CSc2nc3cc(C)[nH]c3c(=O)n2[C@@H](C)CC)cc1. The summed E-state index contributed by atoms with van der Waals surface area (Å²) in [6, 6.07) is 8.28. The highest BCUT2D eigenvalue weighted by molar-refractivity contribution is 7.99. The molecular formula is C22H26N4O4S. The van der Waals surface area contributed by atoms with Gasteiger partial charge in [-0.2, -0.15) is 0 Å². The van der Waals surface area contributed by atoms with E-state index in [-0.39, 0.29) is 23.3 Å². The topological polar surface area (TPSA) is 106 Å². The summed E-state index contributed by atoms with van der Waals surface area (Å²) in [6.45, 7) is 7.89. The standard InChI is InChI=1S/C22H26N4O4S/c1-5-14(4)26-20(28)19-17(11-13(3)23-19)25-22(26)31-12-18(27)24-16-9-7-15(8-10-16)21(29)30-6-2/h7-11,14,23H,5-6,12H2,1-4H3,(H,24,27)/t14-/m0/s1. The smallest absolute Gasteiger partial charge is 0.338 e. The van der Waals surface area contributed by atoms with Gasteiger partial charge in [0.15, 0.2) is 5.16 Å². The molecule has 0 aliphatic rings. The number of H-pyrrole nitrogens is 1. The average Bonchev–Trinajstić information content (AvgIpc) is 3.13. The number of aromatic amines is 1. The van der Waals surface area contributed by atoms with E-state index in [0.717, 1.165) is 12.1 Å². The van der Waals surface area contributed by atoms with Crippen molar-refractivity contribution in [1.82, 2.24) is 14.5 Å². The maximum atomic E-state index is 13.0. The summed E-state index contributed by atoms with van der Waals surface area (Å²) >= 11 is 1.22. The number of aryl methyl sites for hydroxylation is 1. The lowest BCUT2D eigenvalue weighted by molar-refractivity contribution is -0.113. The van der Waals surface area contributed by atoms with E-state index in [1.165, 1.54) is 11.8 Å². The van der Waals surface area contributed by atoms with Crippen molar-refractivity contribution >= 4 is 40.4 Å². The highest BCUT2D eigenvalue weighted by Gasteiger charge is 2.18. The van der Waals surface area contributed by atoms with E-state index in [9.17, 15) is 14.4 Å². The maximum Gasteiger partial charge on any atom is 0.338 e. The van der Waals surface area contributed by atoms with Gasteiger partial charge in [0.2, 0.25) is 5.91 Å². The largest absolute Gasteiger partial charge is 0.462 e. The Morgan fingerprint density at radius 1 is 1.26 bits per heavy atom. The van der Waals surface area contributed by atoms with Gasteiger partial charge in [-0.25, -0.2) is 9.78 Å². The third-order valence-corrected chi connectivity index (χ3v) is 5.78. The van der Waals surface area contributed by atoms with E-state index in [4.69, 9.17) is 4.74 Å². The highest BCUT2D eigenvalue weighted by Crippen LogP contribution is 2.23. The number of rotatable bonds is 8. The van der Waals surface area contributed by atoms with Crippen LogP contribution in [0.25, 0.3) is 11.0 Å². The lowest BCUT2D eigenvalue weighted by Gasteiger charge is -2.17. The number of nitrogens with zero attached hydrogens (tertiary/aromatic N) is 2. The molecule has 0 aliphatic heterocycles. The Kier molecular flexibility index (Phi) is 7.17. The second kappa shape index (κ2) is 9.82. The summed E-state index contributed by atoms with van der Waals surface area (Å²) in [5.74, 6) is -0.540. The molecule has 1 amide bonds. The molecule has 0 saturated heterocycles. The molecule has 0 fully saturated rings. The Morgan fingerprint density at radius 2 is 1.97 bits per heavy atom. The van der Waals surface area contributed by atoms with E-state index in [1.807, 2.05) is 26.8 Å². The van der Waals surface area contributed by atoms with Crippen LogP contribution in [0.1, 0.15) is 49.3 Å². The van der Waals surface area contributed by atoms with Gasteiger partial charge < -0.3 is 15.0 Å². The van der Waals surface area contributed by atoms with E-state index in [2.05, 4.69) is 15.3 Å². The Labute approximate surface area is 184 Å². The number of hydrogen-bond donors (Lipinski definition) is 2. The fraction of sp³-hybridized carbons (Fsp3) is 0.364. The van der Waals surface area contributed by atoms with Crippen molar-refractivity contribution in [3.63, 3.8) is 0 Å². The van der Waals surface area contributed by atoms with Gasteiger partial charge in [0.05, 0.1) is 23.4 Å². The molecule has 31 heavy (non-hydrogen) atoms. The van der Waals surface area contributed by atoms with Crippen LogP contribution >= 0.6 is 11.8 Å². The molecule has 0 spiro atoms. The van der Waals surface area contributed by atoms with Gasteiger partial charge >= 0.3 is 5.97 Å². The fourth-order valence-electron chi connectivity index (χ4n) is 3.09. The van der Waals surface area contributed by atoms with Crippen LogP contribution in [0, 0.1) is 6.92 Å². The van der Waals surface area contributed by atoms with Crippen LogP contribution in [0.4, 0.5) is 5.69 Å². The van der Waals surface area contributed by atoms with Crippen LogP contribution in [-0.2, 0) is 9.53 Å². The first-order valence-electron chi connectivity index (χ1n) is 10.2. The van der Waals surface area contributed by atoms with Gasteiger partial charge in [-0.1, -0.05) is 18.7 Å². The Balaban J connectivity index is 1.73. The zero-order valence-electron chi connectivity index (χ0n) is 18.0. The Hall–Kier alpha value is -3.07. The third kappa shape index (κ3) is 5.16. The normalized spacial score (nSPS) is 12.0. The van der Waals surface area contributed by atoms with Crippen molar-refractivity contribution in [3.8, 4) is 0 Å². The van der Waals surface area contributed by atoms with E-state index in [1.54, 1.807) is 35.8 Å². The monoisotopic (exact) mass is 442 g/mol. The van der Waals surface area contributed by atoms with E-state index >= 15 is 0 Å². The van der Waals surface area contributed by atoms with Gasteiger partial charge in [-0.05, 0) is 57.5 Å². The molecule has 0 radical (unpaired) electrons. The van der Waals surface area contributed by atoms with Crippen molar-refractivity contribution in [2.24, 2.45) is 0 Å². The number of benzene rings is 1. The summed E-state index contributed by atoms with van der Waals surface area (Å²) in [5.41, 5.74) is 2.80.